The molecule has 34 heteroatoms. The van der Waals surface area contributed by atoms with Gasteiger partial charge in [-0.15, -0.1) is 0 Å². The summed E-state index contributed by atoms with van der Waals surface area (Å²) in [5.41, 5.74) is 2.44. The first kappa shape index (κ1) is 83.4. The van der Waals surface area contributed by atoms with Crippen molar-refractivity contribution in [3.63, 3.8) is 0 Å². The molecule has 9 aromatic carbocycles. The zero-order valence-electron chi connectivity index (χ0n) is 56.2. The predicted octanol–water partition coefficient (Wildman–Crippen LogP) is 18.1. The molecule has 0 aliphatic carbocycles. The minimum Gasteiger partial charge on any atom is -0.519 e. The van der Waals surface area contributed by atoms with E-state index in [1.165, 1.54) is 6.07 Å². The molecule has 0 bridgehead atoms. The first-order valence-electron chi connectivity index (χ1n) is 32.6. The van der Waals surface area contributed by atoms with Crippen LogP contribution in [0, 0.1) is 13.8 Å². The lowest BCUT2D eigenvalue weighted by Crippen LogP contribution is -2.39. The molecule has 3 saturated heterocycles. The Morgan fingerprint density at radius 2 is 0.509 bits per heavy atom. The normalized spacial score (nSPS) is 16.7. The van der Waals surface area contributed by atoms with E-state index in [0.717, 1.165) is 83.5 Å². The number of halogens is 16. The highest BCUT2D eigenvalue weighted by Crippen LogP contribution is 2.38. The summed E-state index contributed by atoms with van der Waals surface area (Å²) in [5.74, 6) is 3.51. The summed E-state index contributed by atoms with van der Waals surface area (Å²) in [5, 5.41) is 3.52. The molecule has 6 aliphatic heterocycles. The minimum atomic E-state index is -4.47. The Kier molecular flexibility index (Phi) is 29.2. The topological polar surface area (TPSA) is 111 Å². The number of benzene rings is 9. The molecule has 0 aromatic heterocycles. The monoisotopic (exact) mass is 1600 g/mol. The van der Waals surface area contributed by atoms with Crippen LogP contribution >= 0.6 is 81.2 Å². The van der Waals surface area contributed by atoms with Crippen molar-refractivity contribution in [2.24, 2.45) is 0 Å². The molecule has 15 rings (SSSR count). The van der Waals surface area contributed by atoms with Crippen LogP contribution in [-0.4, -0.2) is 80.8 Å². The van der Waals surface area contributed by atoms with Crippen LogP contribution < -0.4 is 60.7 Å². The van der Waals surface area contributed by atoms with Crippen molar-refractivity contribution in [3.8, 4) is 34.5 Å². The standard InChI is InChI=1S/C14H10BF3O2.C13H7BClF3O2.C12H7BCl2O2.C12H14BF3O2.2C10H11BCl2O2.CH4/c1-9-6-10(14(16,17)18)8-11(7-9)15-19-12-4-2-3-5-13(12)20-15;15-10-6-8(13(16,17)18)5-9(7-10)14-19-11-3-1-2-4-12(11)20-14;14-9-5-8(6-10(15)7-9)13-16-11-3-1-2-4-12(11)17-13;1-3-11-7-17-13(18-11)10-5-8(2)4-9(6-10)12(14,15)16;2*1-2-10-6-14-11(15-10)7-3-8(12)5-9(13)4-7;/h2-8H,1H3;1-7H;1-7H;4-6,11H,3,7H2,1-2H3;2*3-5,10H,2,6H2,1H3;1H4. The smallest absolute Gasteiger partial charge is 0.519 e. The van der Waals surface area contributed by atoms with Crippen molar-refractivity contribution in [2.45, 2.75) is 98.1 Å². The lowest BCUT2D eigenvalue weighted by molar-refractivity contribution is -0.138. The molecule has 0 radical (unpaired) electrons. The van der Waals surface area contributed by atoms with Crippen molar-refractivity contribution in [1.82, 2.24) is 0 Å². The molecule has 0 saturated carbocycles. The predicted molar refractivity (Wildman–Crippen MR) is 404 cm³/mol. The zero-order valence-corrected chi connectivity index (χ0v) is 61.5. The lowest BCUT2D eigenvalue weighted by Gasteiger charge is -2.12. The van der Waals surface area contributed by atoms with Crippen molar-refractivity contribution in [2.75, 3.05) is 19.8 Å². The van der Waals surface area contributed by atoms with Crippen molar-refractivity contribution < 1.29 is 95.4 Å². The SMILES string of the molecule is C.CCC1COB(c2cc(C)cc(C(F)(F)F)c2)O1.CCC1COB(c2cc(Cl)cc(Cl)c2)O1.CCC1COB(c2cc(Cl)cc(Cl)c2)O1.Cc1cc(B2Oc3ccccc3O2)cc(C(F)(F)F)c1.Clc1cc(Cl)cc(B2Oc3ccccc3O2)c1.FC(F)(F)c1cc(Cl)cc(B2Oc3ccccc3O2)c1. The van der Waals surface area contributed by atoms with Gasteiger partial charge in [0, 0.05) is 51.5 Å². The highest BCUT2D eigenvalue weighted by molar-refractivity contribution is 6.66. The lowest BCUT2D eigenvalue weighted by atomic mass is 9.77. The van der Waals surface area contributed by atoms with E-state index in [9.17, 15) is 39.5 Å². The highest BCUT2D eigenvalue weighted by atomic mass is 35.5. The molecule has 6 heterocycles. The number of rotatable bonds is 9. The maximum atomic E-state index is 12.8. The Balaban J connectivity index is 0.000000147. The first-order valence-corrected chi connectivity index (χ1v) is 35.2. The largest absolute Gasteiger partial charge is 0.632 e. The summed E-state index contributed by atoms with van der Waals surface area (Å²) < 4.78 is 181. The van der Waals surface area contributed by atoms with Gasteiger partial charge in [0.25, 0.3) is 0 Å². The second-order valence-corrected chi connectivity index (χ2v) is 27.2. The van der Waals surface area contributed by atoms with E-state index in [1.54, 1.807) is 105 Å². The fourth-order valence-electron chi connectivity index (χ4n) is 10.9. The second-order valence-electron chi connectivity index (χ2n) is 24.2. The van der Waals surface area contributed by atoms with Crippen molar-refractivity contribution >= 4 is 157 Å². The molecule has 12 nitrogen and oxygen atoms in total. The van der Waals surface area contributed by atoms with E-state index >= 15 is 0 Å². The molecule has 3 atom stereocenters. The molecular formula is C72H64B6Cl7F9O12. The number of alkyl halides is 9. The van der Waals surface area contributed by atoms with Crippen LogP contribution in [-0.2, 0) is 46.5 Å². The minimum absolute atomic E-state index is 0. The number of para-hydroxylation sites is 6. The molecule has 9 aromatic rings. The molecule has 554 valence electrons. The van der Waals surface area contributed by atoms with Gasteiger partial charge in [-0.25, -0.2) is 0 Å². The third-order valence-electron chi connectivity index (χ3n) is 16.0. The van der Waals surface area contributed by atoms with Crippen LogP contribution in [0.15, 0.2) is 182 Å². The van der Waals surface area contributed by atoms with Crippen LogP contribution in [0.1, 0.15) is 75.3 Å². The van der Waals surface area contributed by atoms with Gasteiger partial charge >= 0.3 is 61.2 Å². The highest BCUT2D eigenvalue weighted by Gasteiger charge is 2.42. The Bertz CT molecular complexity index is 4150. The van der Waals surface area contributed by atoms with Gasteiger partial charge in [0.05, 0.1) is 54.8 Å². The molecule has 0 spiro atoms. The molecule has 0 N–H and O–H groups in total. The number of hydrogen-bond donors (Lipinski definition) is 0. The van der Waals surface area contributed by atoms with E-state index in [2.05, 4.69) is 13.8 Å². The average molecular weight is 1610 g/mol. The maximum absolute atomic E-state index is 12.8. The van der Waals surface area contributed by atoms with E-state index < -0.39 is 63.7 Å². The van der Waals surface area contributed by atoms with Gasteiger partial charge in [0.2, 0.25) is 0 Å². The molecule has 0 amide bonds. The summed E-state index contributed by atoms with van der Waals surface area (Å²) in [4.78, 5) is 0. The van der Waals surface area contributed by atoms with Gasteiger partial charge in [-0.2, -0.15) is 39.5 Å². The number of aryl methyl sites for hydroxylation is 2. The van der Waals surface area contributed by atoms with Gasteiger partial charge in [0.1, 0.15) is 34.5 Å². The molecule has 3 unspecified atom stereocenters. The van der Waals surface area contributed by atoms with Gasteiger partial charge in [-0.3, -0.25) is 0 Å². The van der Waals surface area contributed by atoms with Crippen LogP contribution in [0.5, 0.6) is 34.5 Å². The molecule has 3 fully saturated rings. The molecule has 6 aliphatic rings. The Morgan fingerprint density at radius 1 is 0.302 bits per heavy atom. The second kappa shape index (κ2) is 37.2. The average Bonchev–Trinajstić information content (AvgIpc) is 1.64. The maximum Gasteiger partial charge on any atom is 0.632 e. The van der Waals surface area contributed by atoms with Crippen LogP contribution in [0.4, 0.5) is 39.5 Å². The summed E-state index contributed by atoms with van der Waals surface area (Å²) in [6.07, 6.45) is -10.2. The Labute approximate surface area is 645 Å². The fraction of sp³-hybridized carbons (Fsp3) is 0.250. The van der Waals surface area contributed by atoms with E-state index in [4.69, 9.17) is 137 Å². The quantitative estimate of drug-likeness (QED) is 0.101. The van der Waals surface area contributed by atoms with Crippen LogP contribution in [0.25, 0.3) is 0 Å². The summed E-state index contributed by atoms with van der Waals surface area (Å²) in [7, 11) is -3.59. The summed E-state index contributed by atoms with van der Waals surface area (Å²) >= 11 is 41.2. The Morgan fingerprint density at radius 3 is 0.745 bits per heavy atom. The summed E-state index contributed by atoms with van der Waals surface area (Å²) in [6.45, 7) is 11.0. The van der Waals surface area contributed by atoms with Gasteiger partial charge in [-0.1, -0.05) is 175 Å². The number of hydrogen-bond acceptors (Lipinski definition) is 12. The van der Waals surface area contributed by atoms with Gasteiger partial charge in [0.15, 0.2) is 0 Å². The van der Waals surface area contributed by atoms with Gasteiger partial charge in [-0.05, 0) is 177 Å². The van der Waals surface area contributed by atoms with E-state index in [0.29, 0.717) is 95.0 Å². The zero-order chi connectivity index (χ0) is 75.5. The third-order valence-corrected chi connectivity index (χ3v) is 17.5. The molecule has 106 heavy (non-hydrogen) atoms. The van der Waals surface area contributed by atoms with Crippen LogP contribution in [0.3, 0.4) is 0 Å². The van der Waals surface area contributed by atoms with Crippen molar-refractivity contribution in [3.05, 3.63) is 245 Å². The Hall–Kier alpha value is -6.67. The van der Waals surface area contributed by atoms with Crippen LogP contribution in [0.2, 0.25) is 35.2 Å². The molecular weight excluding hydrogens is 1540 g/mol. The van der Waals surface area contributed by atoms with Gasteiger partial charge < -0.3 is 55.9 Å². The van der Waals surface area contributed by atoms with E-state index in [1.807, 2.05) is 55.5 Å². The van der Waals surface area contributed by atoms with E-state index in [-0.39, 0.29) is 50.5 Å². The van der Waals surface area contributed by atoms with Crippen molar-refractivity contribution in [1.29, 1.82) is 0 Å². The first-order chi connectivity index (χ1) is 49.9. The number of fused-ring (bicyclic) bond motifs is 3. The fourth-order valence-corrected chi connectivity index (χ4v) is 12.8. The third kappa shape index (κ3) is 23.2. The summed E-state index contributed by atoms with van der Waals surface area (Å²) in [6, 6.07) is 48.2.